The molecule has 1 N–H and O–H groups in total. The number of rotatable bonds is 3. The lowest BCUT2D eigenvalue weighted by Gasteiger charge is -2.22. The van der Waals surface area contributed by atoms with Gasteiger partial charge in [-0.05, 0) is 55.6 Å². The van der Waals surface area contributed by atoms with Gasteiger partial charge in [-0.2, -0.15) is 0 Å². The first-order chi connectivity index (χ1) is 10.8. The second kappa shape index (κ2) is 5.54. The van der Waals surface area contributed by atoms with Gasteiger partial charge in [0.05, 0.1) is 17.1 Å². The van der Waals surface area contributed by atoms with E-state index in [4.69, 9.17) is 4.98 Å². The lowest BCUT2D eigenvalue weighted by Crippen LogP contribution is -2.23. The highest BCUT2D eigenvalue weighted by Gasteiger charge is 2.28. The SMILES string of the molecule is Cc1ccc2nc([C@@H]3CCCN3Cc3cccnc3)[nH]c2c1. The van der Waals surface area contributed by atoms with Gasteiger partial charge >= 0.3 is 0 Å². The summed E-state index contributed by atoms with van der Waals surface area (Å²) in [7, 11) is 0. The Hall–Kier alpha value is -2.20. The second-order valence-electron chi connectivity index (χ2n) is 6.13. The van der Waals surface area contributed by atoms with Crippen LogP contribution in [0.15, 0.2) is 42.7 Å². The molecule has 0 amide bonds. The van der Waals surface area contributed by atoms with Gasteiger partial charge in [-0.25, -0.2) is 4.98 Å². The standard InChI is InChI=1S/C18H20N4/c1-13-6-7-15-16(10-13)21-18(20-15)17-5-3-9-22(17)12-14-4-2-8-19-11-14/h2,4,6-8,10-11,17H,3,5,9,12H2,1H3,(H,20,21)/t17-/m0/s1. The number of pyridine rings is 1. The number of H-pyrrole nitrogens is 1. The Balaban J connectivity index is 1.61. The molecule has 1 aromatic carbocycles. The molecule has 4 nitrogen and oxygen atoms in total. The van der Waals surface area contributed by atoms with E-state index in [1.165, 1.54) is 24.0 Å². The minimum Gasteiger partial charge on any atom is -0.341 e. The summed E-state index contributed by atoms with van der Waals surface area (Å²) in [5.41, 5.74) is 4.74. The predicted molar refractivity (Wildman–Crippen MR) is 87.5 cm³/mol. The van der Waals surface area contributed by atoms with E-state index in [9.17, 15) is 0 Å². The molecular formula is C18H20N4. The summed E-state index contributed by atoms with van der Waals surface area (Å²) in [6, 6.07) is 10.9. The van der Waals surface area contributed by atoms with Crippen LogP contribution in [0.3, 0.4) is 0 Å². The number of likely N-dealkylation sites (tertiary alicyclic amines) is 1. The summed E-state index contributed by atoms with van der Waals surface area (Å²) in [6.45, 7) is 4.18. The van der Waals surface area contributed by atoms with Crippen molar-refractivity contribution in [1.29, 1.82) is 0 Å². The fourth-order valence-corrected chi connectivity index (χ4v) is 3.35. The quantitative estimate of drug-likeness (QED) is 0.802. The lowest BCUT2D eigenvalue weighted by molar-refractivity contribution is 0.241. The smallest absolute Gasteiger partial charge is 0.124 e. The Morgan fingerprint density at radius 3 is 3.14 bits per heavy atom. The molecule has 1 aliphatic heterocycles. The molecule has 0 radical (unpaired) electrons. The minimum absolute atomic E-state index is 0.382. The second-order valence-corrected chi connectivity index (χ2v) is 6.13. The van der Waals surface area contributed by atoms with Crippen molar-refractivity contribution in [2.45, 2.75) is 32.4 Å². The molecule has 112 valence electrons. The van der Waals surface area contributed by atoms with Gasteiger partial charge < -0.3 is 4.98 Å². The molecule has 3 heterocycles. The first kappa shape index (κ1) is 13.5. The van der Waals surface area contributed by atoms with E-state index in [1.807, 2.05) is 18.5 Å². The summed E-state index contributed by atoms with van der Waals surface area (Å²) >= 11 is 0. The van der Waals surface area contributed by atoms with E-state index < -0.39 is 0 Å². The van der Waals surface area contributed by atoms with Crippen molar-refractivity contribution in [2.75, 3.05) is 6.54 Å². The topological polar surface area (TPSA) is 44.8 Å². The fourth-order valence-electron chi connectivity index (χ4n) is 3.35. The first-order valence-corrected chi connectivity index (χ1v) is 7.89. The van der Waals surface area contributed by atoms with E-state index in [1.54, 1.807) is 0 Å². The summed E-state index contributed by atoms with van der Waals surface area (Å²) in [4.78, 5) is 15.1. The van der Waals surface area contributed by atoms with Crippen LogP contribution in [0.5, 0.6) is 0 Å². The van der Waals surface area contributed by atoms with Crippen molar-refractivity contribution in [3.05, 3.63) is 59.7 Å². The Morgan fingerprint density at radius 2 is 2.27 bits per heavy atom. The van der Waals surface area contributed by atoms with Gasteiger partial charge in [0.1, 0.15) is 5.82 Å². The van der Waals surface area contributed by atoms with Gasteiger partial charge in [-0.1, -0.05) is 12.1 Å². The molecule has 4 rings (SSSR count). The molecule has 1 saturated heterocycles. The molecule has 0 aliphatic carbocycles. The zero-order chi connectivity index (χ0) is 14.9. The van der Waals surface area contributed by atoms with Crippen molar-refractivity contribution in [3.8, 4) is 0 Å². The Bertz CT molecular complexity index is 778. The molecule has 1 aliphatic rings. The number of benzene rings is 1. The summed E-state index contributed by atoms with van der Waals surface area (Å²) in [5.74, 6) is 1.10. The Morgan fingerprint density at radius 1 is 1.32 bits per heavy atom. The highest BCUT2D eigenvalue weighted by molar-refractivity contribution is 5.75. The molecule has 0 spiro atoms. The van der Waals surface area contributed by atoms with Crippen LogP contribution in [-0.4, -0.2) is 26.4 Å². The van der Waals surface area contributed by atoms with E-state index in [0.717, 1.165) is 29.9 Å². The first-order valence-electron chi connectivity index (χ1n) is 7.89. The van der Waals surface area contributed by atoms with Gasteiger partial charge in [0.2, 0.25) is 0 Å². The number of nitrogens with zero attached hydrogens (tertiary/aromatic N) is 3. The average Bonchev–Trinajstić information content (AvgIpc) is 3.14. The van der Waals surface area contributed by atoms with E-state index >= 15 is 0 Å². The van der Waals surface area contributed by atoms with Gasteiger partial charge in [-0.15, -0.1) is 0 Å². The molecule has 0 bridgehead atoms. The molecular weight excluding hydrogens is 272 g/mol. The number of aromatic nitrogens is 3. The van der Waals surface area contributed by atoms with Crippen LogP contribution in [-0.2, 0) is 6.54 Å². The Kier molecular flexibility index (Phi) is 3.39. The highest BCUT2D eigenvalue weighted by atomic mass is 15.2. The van der Waals surface area contributed by atoms with Crippen molar-refractivity contribution in [3.63, 3.8) is 0 Å². The molecule has 1 fully saturated rings. The van der Waals surface area contributed by atoms with Crippen molar-refractivity contribution in [2.24, 2.45) is 0 Å². The average molecular weight is 292 g/mol. The number of fused-ring (bicyclic) bond motifs is 1. The number of imidazole rings is 1. The number of aromatic amines is 1. The zero-order valence-corrected chi connectivity index (χ0v) is 12.8. The van der Waals surface area contributed by atoms with E-state index in [2.05, 4.69) is 46.1 Å². The zero-order valence-electron chi connectivity index (χ0n) is 12.8. The lowest BCUT2D eigenvalue weighted by atomic mass is 10.2. The molecule has 4 heteroatoms. The van der Waals surface area contributed by atoms with E-state index in [-0.39, 0.29) is 0 Å². The van der Waals surface area contributed by atoms with Gasteiger partial charge in [0.25, 0.3) is 0 Å². The molecule has 0 unspecified atom stereocenters. The normalized spacial score (nSPS) is 19.0. The third-order valence-electron chi connectivity index (χ3n) is 4.44. The van der Waals surface area contributed by atoms with Crippen molar-refractivity contribution in [1.82, 2.24) is 19.9 Å². The predicted octanol–water partition coefficient (Wildman–Crippen LogP) is 3.60. The van der Waals surface area contributed by atoms with E-state index in [0.29, 0.717) is 6.04 Å². The minimum atomic E-state index is 0.382. The number of hydrogen-bond donors (Lipinski definition) is 1. The summed E-state index contributed by atoms with van der Waals surface area (Å²) < 4.78 is 0. The van der Waals surface area contributed by atoms with Crippen LogP contribution >= 0.6 is 0 Å². The maximum atomic E-state index is 4.81. The van der Waals surface area contributed by atoms with Crippen LogP contribution in [0.1, 0.15) is 35.8 Å². The molecule has 2 aromatic heterocycles. The third kappa shape index (κ3) is 2.50. The molecule has 3 aromatic rings. The van der Waals surface area contributed by atoms with Gasteiger partial charge in [0, 0.05) is 18.9 Å². The maximum absolute atomic E-state index is 4.81. The largest absolute Gasteiger partial charge is 0.341 e. The Labute approximate surface area is 130 Å². The van der Waals surface area contributed by atoms with Crippen molar-refractivity contribution >= 4 is 11.0 Å². The highest BCUT2D eigenvalue weighted by Crippen LogP contribution is 2.32. The summed E-state index contributed by atoms with van der Waals surface area (Å²) in [5, 5.41) is 0. The fraction of sp³-hybridized carbons (Fsp3) is 0.333. The van der Waals surface area contributed by atoms with Gasteiger partial charge in [-0.3, -0.25) is 9.88 Å². The summed E-state index contributed by atoms with van der Waals surface area (Å²) in [6.07, 6.45) is 6.17. The monoisotopic (exact) mass is 292 g/mol. The maximum Gasteiger partial charge on any atom is 0.124 e. The third-order valence-corrected chi connectivity index (χ3v) is 4.44. The number of nitrogens with one attached hydrogen (secondary N) is 1. The van der Waals surface area contributed by atoms with Gasteiger partial charge in [0.15, 0.2) is 0 Å². The van der Waals surface area contributed by atoms with Crippen LogP contribution in [0.25, 0.3) is 11.0 Å². The number of hydrogen-bond acceptors (Lipinski definition) is 3. The molecule has 1 atom stereocenters. The number of aryl methyl sites for hydroxylation is 1. The molecule has 0 saturated carbocycles. The van der Waals surface area contributed by atoms with Crippen LogP contribution in [0, 0.1) is 6.92 Å². The van der Waals surface area contributed by atoms with Crippen molar-refractivity contribution < 1.29 is 0 Å². The van der Waals surface area contributed by atoms with Crippen LogP contribution in [0.4, 0.5) is 0 Å². The van der Waals surface area contributed by atoms with Crippen LogP contribution < -0.4 is 0 Å². The van der Waals surface area contributed by atoms with Crippen LogP contribution in [0.2, 0.25) is 0 Å². The molecule has 22 heavy (non-hydrogen) atoms.